The van der Waals surface area contributed by atoms with Crippen LogP contribution in [-0.4, -0.2) is 51.9 Å². The first kappa shape index (κ1) is 14.5. The van der Waals surface area contributed by atoms with E-state index in [0.717, 1.165) is 4.70 Å². The van der Waals surface area contributed by atoms with Crippen LogP contribution >= 0.6 is 11.3 Å². The van der Waals surface area contributed by atoms with Gasteiger partial charge < -0.3 is 10.1 Å². The summed E-state index contributed by atoms with van der Waals surface area (Å²) in [7, 11) is -3.43. The standard InChI is InChI=1S/C13H14N4O4S2/c1-23(19,20)17-6-7-21-8-2-3-9-10(11(8)17)15-13(22-9)16-5-4-14-12(16)18/h2-3H,4-7H2,1H3,(H,14,18). The first-order valence-corrected chi connectivity index (χ1v) is 9.71. The van der Waals surface area contributed by atoms with Gasteiger partial charge in [-0.25, -0.2) is 18.2 Å². The van der Waals surface area contributed by atoms with Crippen LogP contribution in [0.5, 0.6) is 5.75 Å². The van der Waals surface area contributed by atoms with Gasteiger partial charge in [0.2, 0.25) is 10.0 Å². The van der Waals surface area contributed by atoms with Crippen LogP contribution in [0.3, 0.4) is 0 Å². The molecule has 0 radical (unpaired) electrons. The molecule has 1 fully saturated rings. The molecule has 0 aliphatic carbocycles. The zero-order valence-corrected chi connectivity index (χ0v) is 13.9. The summed E-state index contributed by atoms with van der Waals surface area (Å²) < 4.78 is 31.9. The van der Waals surface area contributed by atoms with E-state index in [4.69, 9.17) is 4.74 Å². The van der Waals surface area contributed by atoms with Crippen LogP contribution in [0.15, 0.2) is 12.1 Å². The van der Waals surface area contributed by atoms with Gasteiger partial charge >= 0.3 is 6.03 Å². The van der Waals surface area contributed by atoms with Crippen LogP contribution < -0.4 is 19.3 Å². The minimum absolute atomic E-state index is 0.186. The molecule has 1 aromatic heterocycles. The number of ether oxygens (including phenoxy) is 1. The third-order valence-corrected chi connectivity index (χ3v) is 5.98. The van der Waals surface area contributed by atoms with Gasteiger partial charge in [0.05, 0.1) is 17.5 Å². The van der Waals surface area contributed by atoms with E-state index in [-0.39, 0.29) is 12.6 Å². The van der Waals surface area contributed by atoms with Crippen molar-refractivity contribution < 1.29 is 17.9 Å². The second kappa shape index (κ2) is 4.96. The largest absolute Gasteiger partial charge is 0.489 e. The molecule has 2 aliphatic rings. The van der Waals surface area contributed by atoms with Gasteiger partial charge in [0, 0.05) is 13.1 Å². The number of hydrogen-bond donors (Lipinski definition) is 1. The van der Waals surface area contributed by atoms with Gasteiger partial charge in [-0.15, -0.1) is 0 Å². The average Bonchev–Trinajstić information content (AvgIpc) is 3.10. The molecule has 122 valence electrons. The van der Waals surface area contributed by atoms with Gasteiger partial charge in [0.25, 0.3) is 0 Å². The Morgan fingerprint density at radius 3 is 2.87 bits per heavy atom. The molecule has 8 nitrogen and oxygen atoms in total. The number of rotatable bonds is 2. The maximum atomic E-state index is 12.1. The van der Waals surface area contributed by atoms with Crippen LogP contribution in [0, 0.1) is 0 Å². The summed E-state index contributed by atoms with van der Waals surface area (Å²) in [5.41, 5.74) is 1.01. The highest BCUT2D eigenvalue weighted by Crippen LogP contribution is 2.43. The summed E-state index contributed by atoms with van der Waals surface area (Å²) in [6.45, 7) is 1.68. The number of urea groups is 1. The van der Waals surface area contributed by atoms with Gasteiger partial charge in [-0.3, -0.25) is 9.21 Å². The van der Waals surface area contributed by atoms with E-state index in [1.807, 2.05) is 6.07 Å². The Bertz CT molecular complexity index is 908. The van der Waals surface area contributed by atoms with E-state index in [9.17, 15) is 13.2 Å². The van der Waals surface area contributed by atoms with Crippen molar-refractivity contribution in [2.45, 2.75) is 0 Å². The Hall–Kier alpha value is -2.07. The summed E-state index contributed by atoms with van der Waals surface area (Å²) in [6, 6.07) is 3.41. The number of fused-ring (bicyclic) bond motifs is 3. The number of amides is 2. The number of sulfonamides is 1. The Morgan fingerprint density at radius 2 is 2.17 bits per heavy atom. The summed E-state index contributed by atoms with van der Waals surface area (Å²) in [5, 5.41) is 3.29. The van der Waals surface area contributed by atoms with Gasteiger partial charge in [-0.1, -0.05) is 11.3 Å². The molecule has 0 unspecified atom stereocenters. The molecule has 0 saturated carbocycles. The maximum Gasteiger partial charge on any atom is 0.323 e. The van der Waals surface area contributed by atoms with Crippen molar-refractivity contribution >= 4 is 48.4 Å². The van der Waals surface area contributed by atoms with E-state index in [1.54, 1.807) is 11.0 Å². The van der Waals surface area contributed by atoms with Crippen LogP contribution in [0.4, 0.5) is 15.6 Å². The molecule has 0 spiro atoms. The molecule has 3 heterocycles. The number of nitrogens with one attached hydrogen (secondary N) is 1. The smallest absolute Gasteiger partial charge is 0.323 e. The lowest BCUT2D eigenvalue weighted by atomic mass is 10.2. The Labute approximate surface area is 136 Å². The van der Waals surface area contributed by atoms with E-state index >= 15 is 0 Å². The number of hydrogen-bond acceptors (Lipinski definition) is 6. The van der Waals surface area contributed by atoms with Crippen molar-refractivity contribution in [2.75, 3.05) is 41.7 Å². The fraction of sp³-hybridized carbons (Fsp3) is 0.385. The number of anilines is 2. The highest BCUT2D eigenvalue weighted by molar-refractivity contribution is 7.92. The number of carbonyl (C=O) groups is 1. The minimum atomic E-state index is -3.43. The molecule has 10 heteroatoms. The van der Waals surface area contributed by atoms with E-state index < -0.39 is 10.0 Å². The lowest BCUT2D eigenvalue weighted by molar-refractivity contribution is 0.252. The zero-order chi connectivity index (χ0) is 16.2. The zero-order valence-electron chi connectivity index (χ0n) is 12.3. The SMILES string of the molecule is CS(=O)(=O)N1CCOc2ccc3sc(N4CCNC4=O)nc3c21. The van der Waals surface area contributed by atoms with Gasteiger partial charge in [0.15, 0.2) is 5.13 Å². The summed E-state index contributed by atoms with van der Waals surface area (Å²) in [5.74, 6) is 0.497. The Morgan fingerprint density at radius 1 is 1.35 bits per heavy atom. The third kappa shape index (κ3) is 2.29. The Kier molecular flexibility index (Phi) is 3.13. The van der Waals surface area contributed by atoms with Gasteiger partial charge in [-0.2, -0.15) is 0 Å². The van der Waals surface area contributed by atoms with Crippen molar-refractivity contribution in [3.05, 3.63) is 12.1 Å². The van der Waals surface area contributed by atoms with E-state index in [1.165, 1.54) is 21.9 Å². The number of nitrogens with zero attached hydrogens (tertiary/aromatic N) is 3. The molecular formula is C13H14N4O4S2. The quantitative estimate of drug-likeness (QED) is 0.868. The van der Waals surface area contributed by atoms with Crippen LogP contribution in [0.1, 0.15) is 0 Å². The molecular weight excluding hydrogens is 340 g/mol. The normalized spacial score (nSPS) is 18.0. The summed E-state index contributed by atoms with van der Waals surface area (Å²) in [4.78, 5) is 17.9. The molecule has 1 saturated heterocycles. The van der Waals surface area contributed by atoms with E-state index in [2.05, 4.69) is 10.3 Å². The van der Waals surface area contributed by atoms with Crippen LogP contribution in [0.25, 0.3) is 10.2 Å². The number of carbonyl (C=O) groups excluding carboxylic acids is 1. The monoisotopic (exact) mass is 354 g/mol. The maximum absolute atomic E-state index is 12.1. The summed E-state index contributed by atoms with van der Waals surface area (Å²) in [6.07, 6.45) is 1.17. The average molecular weight is 354 g/mol. The molecule has 4 rings (SSSR count). The van der Waals surface area contributed by atoms with Crippen molar-refractivity contribution in [1.29, 1.82) is 0 Å². The molecule has 1 aromatic carbocycles. The number of thiazole rings is 1. The molecule has 2 aromatic rings. The second-order valence-corrected chi connectivity index (χ2v) is 8.24. The molecule has 0 atom stereocenters. The predicted molar refractivity (Wildman–Crippen MR) is 88.0 cm³/mol. The van der Waals surface area contributed by atoms with E-state index in [0.29, 0.717) is 41.8 Å². The fourth-order valence-corrected chi connectivity index (χ4v) is 4.67. The van der Waals surface area contributed by atoms with Gasteiger partial charge in [-0.05, 0) is 12.1 Å². The number of benzene rings is 1. The number of aromatic nitrogens is 1. The molecule has 2 amide bonds. The fourth-order valence-electron chi connectivity index (χ4n) is 2.76. The second-order valence-electron chi connectivity index (χ2n) is 5.32. The first-order chi connectivity index (χ1) is 10.9. The van der Waals surface area contributed by atoms with Crippen molar-refractivity contribution in [3.8, 4) is 5.75 Å². The van der Waals surface area contributed by atoms with Crippen molar-refractivity contribution in [1.82, 2.24) is 10.3 Å². The molecule has 1 N–H and O–H groups in total. The predicted octanol–water partition coefficient (Wildman–Crippen LogP) is 0.984. The van der Waals surface area contributed by atoms with Crippen LogP contribution in [-0.2, 0) is 10.0 Å². The van der Waals surface area contributed by atoms with Crippen LogP contribution in [0.2, 0.25) is 0 Å². The Balaban J connectivity index is 1.91. The van der Waals surface area contributed by atoms with Gasteiger partial charge in [0.1, 0.15) is 23.6 Å². The lowest BCUT2D eigenvalue weighted by Gasteiger charge is -2.29. The summed E-state index contributed by atoms with van der Waals surface area (Å²) >= 11 is 1.36. The minimum Gasteiger partial charge on any atom is -0.489 e. The highest BCUT2D eigenvalue weighted by atomic mass is 32.2. The first-order valence-electron chi connectivity index (χ1n) is 7.04. The lowest BCUT2D eigenvalue weighted by Crippen LogP contribution is -2.37. The topological polar surface area (TPSA) is 91.8 Å². The molecule has 2 aliphatic heterocycles. The van der Waals surface area contributed by atoms with Crippen molar-refractivity contribution in [2.24, 2.45) is 0 Å². The molecule has 23 heavy (non-hydrogen) atoms. The highest BCUT2D eigenvalue weighted by Gasteiger charge is 2.31. The third-order valence-electron chi connectivity index (χ3n) is 3.78. The van der Waals surface area contributed by atoms with Crippen molar-refractivity contribution in [3.63, 3.8) is 0 Å². The molecule has 0 bridgehead atoms.